The summed E-state index contributed by atoms with van der Waals surface area (Å²) in [7, 11) is 1.08. The summed E-state index contributed by atoms with van der Waals surface area (Å²) < 4.78 is 17.4. The molecular formula is C11H12ClFO4. The number of hydrogen-bond donors (Lipinski definition) is 2. The molecule has 0 bridgehead atoms. The van der Waals surface area contributed by atoms with E-state index in [1.165, 1.54) is 13.0 Å². The molecule has 1 aromatic carbocycles. The lowest BCUT2D eigenvalue weighted by Crippen LogP contribution is -2.29. The van der Waals surface area contributed by atoms with E-state index in [1.807, 2.05) is 0 Å². The topological polar surface area (TPSA) is 66.8 Å². The van der Waals surface area contributed by atoms with Crippen molar-refractivity contribution in [3.05, 3.63) is 34.1 Å². The second kappa shape index (κ2) is 5.44. The third-order valence-electron chi connectivity index (χ3n) is 2.41. The maximum Gasteiger partial charge on any atom is 0.337 e. The number of ether oxygens (including phenoxy) is 1. The van der Waals surface area contributed by atoms with Crippen molar-refractivity contribution in [2.75, 3.05) is 7.11 Å². The van der Waals surface area contributed by atoms with Gasteiger partial charge >= 0.3 is 5.97 Å². The van der Waals surface area contributed by atoms with Crippen molar-refractivity contribution < 1.29 is 24.1 Å². The van der Waals surface area contributed by atoms with Gasteiger partial charge in [-0.3, -0.25) is 0 Å². The average molecular weight is 263 g/mol. The minimum Gasteiger partial charge on any atom is -0.467 e. The number of methoxy groups -OCH3 is 1. The molecule has 17 heavy (non-hydrogen) atoms. The third kappa shape index (κ3) is 2.74. The fourth-order valence-electron chi connectivity index (χ4n) is 1.33. The molecule has 0 aromatic heterocycles. The van der Waals surface area contributed by atoms with Crippen LogP contribution in [0, 0.1) is 12.7 Å². The number of aliphatic hydroxyl groups excluding tert-OH is 2. The fraction of sp³-hybridized carbons (Fsp3) is 0.364. The molecule has 0 aliphatic rings. The van der Waals surface area contributed by atoms with E-state index in [-0.39, 0.29) is 16.1 Å². The van der Waals surface area contributed by atoms with Crippen LogP contribution in [0.1, 0.15) is 17.2 Å². The van der Waals surface area contributed by atoms with Crippen LogP contribution in [-0.4, -0.2) is 29.4 Å². The molecule has 6 heteroatoms. The zero-order valence-electron chi connectivity index (χ0n) is 9.28. The van der Waals surface area contributed by atoms with Crippen molar-refractivity contribution >= 4 is 17.6 Å². The lowest BCUT2D eigenvalue weighted by atomic mass is 10.0. The monoisotopic (exact) mass is 262 g/mol. The summed E-state index contributed by atoms with van der Waals surface area (Å²) in [4.78, 5) is 11.0. The summed E-state index contributed by atoms with van der Waals surface area (Å²) in [6.45, 7) is 1.43. The van der Waals surface area contributed by atoms with Crippen LogP contribution in [0.2, 0.25) is 5.02 Å². The van der Waals surface area contributed by atoms with Gasteiger partial charge in [0.05, 0.1) is 12.1 Å². The normalized spacial score (nSPS) is 14.2. The number of carbonyl (C=O) groups excluding carboxylic acids is 1. The molecule has 0 fully saturated rings. The Hall–Kier alpha value is -1.17. The number of aliphatic hydroxyl groups is 2. The molecule has 0 radical (unpaired) electrons. The van der Waals surface area contributed by atoms with Crippen molar-refractivity contribution in [2.24, 2.45) is 0 Å². The maximum atomic E-state index is 13.1. The first-order chi connectivity index (χ1) is 7.90. The summed E-state index contributed by atoms with van der Waals surface area (Å²) in [5.74, 6) is -1.52. The maximum absolute atomic E-state index is 13.1. The van der Waals surface area contributed by atoms with Gasteiger partial charge in [-0.25, -0.2) is 9.18 Å². The van der Waals surface area contributed by atoms with E-state index < -0.39 is 24.0 Å². The molecule has 2 N–H and O–H groups in total. The van der Waals surface area contributed by atoms with Crippen LogP contribution in [0.25, 0.3) is 0 Å². The minimum atomic E-state index is -1.76. The van der Waals surface area contributed by atoms with Gasteiger partial charge in [-0.05, 0) is 13.0 Å². The number of hydrogen-bond acceptors (Lipinski definition) is 4. The molecule has 94 valence electrons. The van der Waals surface area contributed by atoms with Crippen LogP contribution < -0.4 is 0 Å². The number of carbonyl (C=O) groups is 1. The van der Waals surface area contributed by atoms with Crippen LogP contribution in [0.3, 0.4) is 0 Å². The van der Waals surface area contributed by atoms with Gasteiger partial charge in [0, 0.05) is 11.1 Å². The first kappa shape index (κ1) is 13.9. The number of esters is 1. The second-order valence-corrected chi connectivity index (χ2v) is 3.87. The van der Waals surface area contributed by atoms with Gasteiger partial charge < -0.3 is 14.9 Å². The molecule has 0 aliphatic heterocycles. The van der Waals surface area contributed by atoms with Crippen LogP contribution in [-0.2, 0) is 9.53 Å². The minimum absolute atomic E-state index is 0.0274. The molecule has 1 rings (SSSR count). The standard InChI is InChI=1S/C11H12ClFO4/c1-5-7(13)4-3-6(8(5)12)9(14)10(15)11(16)17-2/h3-4,9-10,14-15H,1-2H3. The molecule has 2 atom stereocenters. The van der Waals surface area contributed by atoms with Gasteiger partial charge in [0.1, 0.15) is 11.9 Å². The lowest BCUT2D eigenvalue weighted by molar-refractivity contribution is -0.156. The Bertz CT molecular complexity index is 436. The van der Waals surface area contributed by atoms with E-state index in [4.69, 9.17) is 11.6 Å². The highest BCUT2D eigenvalue weighted by Crippen LogP contribution is 2.29. The predicted molar refractivity (Wildman–Crippen MR) is 59.1 cm³/mol. The molecule has 4 nitrogen and oxygen atoms in total. The SMILES string of the molecule is COC(=O)C(O)C(O)c1ccc(F)c(C)c1Cl. The first-order valence-corrected chi connectivity index (χ1v) is 5.16. The average Bonchev–Trinajstić information content (AvgIpc) is 2.33. The van der Waals surface area contributed by atoms with Crippen LogP contribution in [0.15, 0.2) is 12.1 Å². The third-order valence-corrected chi connectivity index (χ3v) is 2.91. The molecule has 1 aromatic rings. The number of rotatable bonds is 3. The van der Waals surface area contributed by atoms with Gasteiger partial charge in [0.25, 0.3) is 0 Å². The van der Waals surface area contributed by atoms with Gasteiger partial charge in [-0.1, -0.05) is 17.7 Å². The van der Waals surface area contributed by atoms with E-state index in [0.29, 0.717) is 0 Å². The van der Waals surface area contributed by atoms with Gasteiger partial charge in [-0.2, -0.15) is 0 Å². The zero-order chi connectivity index (χ0) is 13.2. The van der Waals surface area contributed by atoms with Crippen molar-refractivity contribution in [1.29, 1.82) is 0 Å². The fourth-order valence-corrected chi connectivity index (χ4v) is 1.60. The molecule has 2 unspecified atom stereocenters. The quantitative estimate of drug-likeness (QED) is 0.807. The lowest BCUT2D eigenvalue weighted by Gasteiger charge is -2.18. The number of halogens is 2. The van der Waals surface area contributed by atoms with Crippen LogP contribution >= 0.6 is 11.6 Å². The molecule has 0 saturated carbocycles. The number of benzene rings is 1. The summed E-state index contributed by atoms with van der Waals surface area (Å²) >= 11 is 5.82. The van der Waals surface area contributed by atoms with Crippen LogP contribution in [0.5, 0.6) is 0 Å². The molecule has 0 aliphatic carbocycles. The highest BCUT2D eigenvalue weighted by atomic mass is 35.5. The second-order valence-electron chi connectivity index (χ2n) is 3.49. The van der Waals surface area contributed by atoms with Gasteiger partial charge in [0.15, 0.2) is 6.10 Å². The van der Waals surface area contributed by atoms with Crippen molar-refractivity contribution in [2.45, 2.75) is 19.1 Å². The Labute approximate surface area is 103 Å². The zero-order valence-corrected chi connectivity index (χ0v) is 10.0. The van der Waals surface area contributed by atoms with E-state index in [1.54, 1.807) is 0 Å². The van der Waals surface area contributed by atoms with Crippen molar-refractivity contribution in [1.82, 2.24) is 0 Å². The molecule has 0 spiro atoms. The Morgan fingerprint density at radius 2 is 2.06 bits per heavy atom. The first-order valence-electron chi connectivity index (χ1n) is 4.78. The Balaban J connectivity index is 3.09. The van der Waals surface area contributed by atoms with Crippen molar-refractivity contribution in [3.63, 3.8) is 0 Å². The largest absolute Gasteiger partial charge is 0.467 e. The van der Waals surface area contributed by atoms with E-state index in [0.717, 1.165) is 13.2 Å². The van der Waals surface area contributed by atoms with Gasteiger partial charge in [0.2, 0.25) is 0 Å². The van der Waals surface area contributed by atoms with Crippen LogP contribution in [0.4, 0.5) is 4.39 Å². The highest BCUT2D eigenvalue weighted by molar-refractivity contribution is 6.32. The highest BCUT2D eigenvalue weighted by Gasteiger charge is 2.28. The summed E-state index contributed by atoms with van der Waals surface area (Å²) in [5.41, 5.74) is 0.212. The van der Waals surface area contributed by atoms with E-state index in [2.05, 4.69) is 4.74 Å². The summed E-state index contributed by atoms with van der Waals surface area (Å²) in [5, 5.41) is 19.1. The Kier molecular flexibility index (Phi) is 4.45. The Morgan fingerprint density at radius 1 is 1.47 bits per heavy atom. The molecular weight excluding hydrogens is 251 g/mol. The Morgan fingerprint density at radius 3 is 2.59 bits per heavy atom. The smallest absolute Gasteiger partial charge is 0.337 e. The van der Waals surface area contributed by atoms with E-state index in [9.17, 15) is 19.4 Å². The van der Waals surface area contributed by atoms with Crippen molar-refractivity contribution in [3.8, 4) is 0 Å². The predicted octanol–water partition coefficient (Wildman–Crippen LogP) is 1.35. The van der Waals surface area contributed by atoms with Gasteiger partial charge in [-0.15, -0.1) is 0 Å². The molecule has 0 saturated heterocycles. The molecule has 0 heterocycles. The molecule has 0 amide bonds. The van der Waals surface area contributed by atoms with E-state index >= 15 is 0 Å². The summed E-state index contributed by atoms with van der Waals surface area (Å²) in [6, 6.07) is 2.31. The summed E-state index contributed by atoms with van der Waals surface area (Å²) in [6.07, 6.45) is -3.32.